The molecule has 1 saturated heterocycles. The van der Waals surface area contributed by atoms with Gasteiger partial charge in [0.05, 0.1) is 17.3 Å². The maximum absolute atomic E-state index is 13.3. The number of nitrogens with one attached hydrogen (secondary N) is 1. The van der Waals surface area contributed by atoms with Crippen LogP contribution < -0.4 is 10.1 Å². The summed E-state index contributed by atoms with van der Waals surface area (Å²) in [5.41, 5.74) is -0.224. The van der Waals surface area contributed by atoms with E-state index in [9.17, 15) is 34.8 Å². The summed E-state index contributed by atoms with van der Waals surface area (Å²) in [5.74, 6) is -0.412. The van der Waals surface area contributed by atoms with Crippen LogP contribution in [0.4, 0.5) is 38.0 Å². The maximum atomic E-state index is 13.3. The Morgan fingerprint density at radius 1 is 0.976 bits per heavy atom. The molecular weight excluding hydrogens is 612 g/mol. The molecule has 0 saturated carbocycles. The summed E-state index contributed by atoms with van der Waals surface area (Å²) in [6.07, 6.45) is -8.37. The molecule has 4 aromatic rings. The minimum Gasteiger partial charge on any atom is -0.454 e. The van der Waals surface area contributed by atoms with Crippen LogP contribution in [0.1, 0.15) is 24.2 Å². The zero-order chi connectivity index (χ0) is 30.1. The standard InChI is InChI=1S/C24H21F6N7O3S2/c25-23(26,27)13-40-22-33-19(32-21(34-22)31-16-4-1-3-15(12-16)24(28,29)30)11-14-7-9-37(10-8-14)42(38,39)18-6-2-5-17-20(18)36-41-35-17/h1-6,12,14H,7-11,13H2,(H,31,32,33,34). The third-order valence-corrected chi connectivity index (χ3v) is 8.86. The first-order valence-electron chi connectivity index (χ1n) is 12.4. The number of ether oxygens (including phenoxy) is 1. The van der Waals surface area contributed by atoms with Crippen LogP contribution in [0.15, 0.2) is 47.4 Å². The molecule has 3 heterocycles. The second-order valence-corrected chi connectivity index (χ2v) is 11.8. The van der Waals surface area contributed by atoms with Crippen LogP contribution in [-0.4, -0.2) is 62.3 Å². The summed E-state index contributed by atoms with van der Waals surface area (Å²) in [5, 5.41) is 2.57. The minimum atomic E-state index is -4.68. The highest BCUT2D eigenvalue weighted by molar-refractivity contribution is 7.89. The number of fused-ring (bicyclic) bond motifs is 1. The normalized spacial score (nSPS) is 15.7. The van der Waals surface area contributed by atoms with Gasteiger partial charge in [0.2, 0.25) is 16.0 Å². The van der Waals surface area contributed by atoms with Crippen molar-refractivity contribution in [2.24, 2.45) is 5.92 Å². The van der Waals surface area contributed by atoms with Gasteiger partial charge in [0, 0.05) is 25.2 Å². The van der Waals surface area contributed by atoms with E-state index in [-0.39, 0.29) is 47.8 Å². The molecule has 2 aromatic heterocycles. The average molecular weight is 634 g/mol. The fourth-order valence-corrected chi connectivity index (χ4v) is 6.62. The van der Waals surface area contributed by atoms with Gasteiger partial charge in [-0.1, -0.05) is 12.1 Å². The van der Waals surface area contributed by atoms with E-state index >= 15 is 0 Å². The molecule has 0 bridgehead atoms. The van der Waals surface area contributed by atoms with Crippen LogP contribution in [0.3, 0.4) is 0 Å². The number of piperidine rings is 1. The molecule has 1 N–H and O–H groups in total. The molecule has 0 aliphatic carbocycles. The van der Waals surface area contributed by atoms with Gasteiger partial charge in [-0.05, 0) is 49.1 Å². The first-order valence-corrected chi connectivity index (χ1v) is 14.6. The lowest BCUT2D eigenvalue weighted by Gasteiger charge is -2.31. The SMILES string of the molecule is O=S(=O)(c1cccc2nsnc12)N1CCC(Cc2nc(Nc3cccc(C(F)(F)F)c3)nc(OCC(F)(F)F)n2)CC1. The van der Waals surface area contributed by atoms with Crippen molar-refractivity contribution >= 4 is 44.4 Å². The molecule has 0 spiro atoms. The molecule has 18 heteroatoms. The summed E-state index contributed by atoms with van der Waals surface area (Å²) >= 11 is 0.911. The molecule has 1 aliphatic rings. The van der Waals surface area contributed by atoms with Gasteiger partial charge in [-0.25, -0.2) is 8.42 Å². The molecule has 0 unspecified atom stereocenters. The fourth-order valence-electron chi connectivity index (χ4n) is 4.40. The number of benzene rings is 2. The maximum Gasteiger partial charge on any atom is 0.422 e. The van der Waals surface area contributed by atoms with Gasteiger partial charge in [0.1, 0.15) is 21.8 Å². The highest BCUT2D eigenvalue weighted by Gasteiger charge is 2.33. The molecule has 2 aromatic carbocycles. The lowest BCUT2D eigenvalue weighted by Crippen LogP contribution is -2.39. The molecule has 1 aliphatic heterocycles. The summed E-state index contributed by atoms with van der Waals surface area (Å²) < 4.78 is 118. The van der Waals surface area contributed by atoms with E-state index in [1.807, 2.05) is 0 Å². The van der Waals surface area contributed by atoms with Gasteiger partial charge in [-0.2, -0.15) is 54.3 Å². The summed E-state index contributed by atoms with van der Waals surface area (Å²) in [6, 6.07) is 8.21. The summed E-state index contributed by atoms with van der Waals surface area (Å²) in [6.45, 7) is -1.35. The van der Waals surface area contributed by atoms with Crippen LogP contribution in [0.2, 0.25) is 0 Å². The Morgan fingerprint density at radius 3 is 2.43 bits per heavy atom. The van der Waals surface area contributed by atoms with E-state index in [0.717, 1.165) is 29.9 Å². The van der Waals surface area contributed by atoms with Gasteiger partial charge in [0.15, 0.2) is 6.61 Å². The van der Waals surface area contributed by atoms with E-state index < -0.39 is 40.6 Å². The topological polar surface area (TPSA) is 123 Å². The van der Waals surface area contributed by atoms with Crippen molar-refractivity contribution < 1.29 is 39.5 Å². The molecule has 0 amide bonds. The molecule has 0 atom stereocenters. The molecular formula is C24H21F6N7O3S2. The summed E-state index contributed by atoms with van der Waals surface area (Å²) in [7, 11) is -3.86. The first kappa shape index (κ1) is 29.8. The van der Waals surface area contributed by atoms with E-state index in [1.54, 1.807) is 12.1 Å². The summed E-state index contributed by atoms with van der Waals surface area (Å²) in [4.78, 5) is 12.0. The highest BCUT2D eigenvalue weighted by atomic mass is 32.2. The van der Waals surface area contributed by atoms with Crippen molar-refractivity contribution in [1.29, 1.82) is 0 Å². The molecule has 0 radical (unpaired) electrons. The average Bonchev–Trinajstić information content (AvgIpc) is 3.41. The number of alkyl halides is 6. The largest absolute Gasteiger partial charge is 0.454 e. The number of aromatic nitrogens is 5. The van der Waals surface area contributed by atoms with Crippen molar-refractivity contribution in [2.45, 2.75) is 36.5 Å². The first-order chi connectivity index (χ1) is 19.8. The zero-order valence-electron chi connectivity index (χ0n) is 21.4. The van der Waals surface area contributed by atoms with Gasteiger partial charge >= 0.3 is 18.4 Å². The van der Waals surface area contributed by atoms with Crippen molar-refractivity contribution in [3.63, 3.8) is 0 Å². The molecule has 5 rings (SSSR count). The number of halogens is 6. The predicted molar refractivity (Wildman–Crippen MR) is 139 cm³/mol. The second-order valence-electron chi connectivity index (χ2n) is 9.40. The van der Waals surface area contributed by atoms with Gasteiger partial charge < -0.3 is 10.1 Å². The van der Waals surface area contributed by atoms with E-state index in [4.69, 9.17) is 4.74 Å². The smallest absolute Gasteiger partial charge is 0.422 e. The quantitative estimate of drug-likeness (QED) is 0.260. The van der Waals surface area contributed by atoms with Gasteiger partial charge in [-0.15, -0.1) is 0 Å². The number of rotatable bonds is 8. The van der Waals surface area contributed by atoms with Crippen LogP contribution >= 0.6 is 11.7 Å². The van der Waals surface area contributed by atoms with E-state index in [0.29, 0.717) is 23.9 Å². The van der Waals surface area contributed by atoms with Crippen LogP contribution in [0, 0.1) is 5.92 Å². The van der Waals surface area contributed by atoms with E-state index in [1.165, 1.54) is 16.4 Å². The molecule has 10 nitrogen and oxygen atoms in total. The number of anilines is 2. The molecule has 42 heavy (non-hydrogen) atoms. The van der Waals surface area contributed by atoms with Crippen LogP contribution in [-0.2, 0) is 22.6 Å². The van der Waals surface area contributed by atoms with Gasteiger partial charge in [-0.3, -0.25) is 0 Å². The van der Waals surface area contributed by atoms with Gasteiger partial charge in [0.25, 0.3) is 0 Å². The van der Waals surface area contributed by atoms with Crippen molar-refractivity contribution in [3.8, 4) is 6.01 Å². The third-order valence-electron chi connectivity index (χ3n) is 6.38. The van der Waals surface area contributed by atoms with E-state index in [2.05, 4.69) is 29.0 Å². The Balaban J connectivity index is 1.31. The molecule has 1 fully saturated rings. The number of hydrogen-bond acceptors (Lipinski definition) is 10. The molecule has 224 valence electrons. The monoisotopic (exact) mass is 633 g/mol. The highest BCUT2D eigenvalue weighted by Crippen LogP contribution is 2.32. The lowest BCUT2D eigenvalue weighted by molar-refractivity contribution is -0.154. The Bertz CT molecular complexity index is 1670. The second kappa shape index (κ2) is 11.6. The van der Waals surface area contributed by atoms with Crippen molar-refractivity contribution in [1.82, 2.24) is 28.0 Å². The Labute approximate surface area is 239 Å². The minimum absolute atomic E-state index is 0.0382. The van der Waals surface area contributed by atoms with Crippen LogP contribution in [0.5, 0.6) is 6.01 Å². The van der Waals surface area contributed by atoms with Crippen molar-refractivity contribution in [3.05, 3.63) is 53.9 Å². The lowest BCUT2D eigenvalue weighted by atomic mass is 9.94. The number of nitrogens with zero attached hydrogens (tertiary/aromatic N) is 6. The Kier molecular flexibility index (Phi) is 8.21. The van der Waals surface area contributed by atoms with Crippen LogP contribution in [0.25, 0.3) is 11.0 Å². The fraction of sp³-hybridized carbons (Fsp3) is 0.375. The number of sulfonamides is 1. The zero-order valence-corrected chi connectivity index (χ0v) is 23.0. The number of hydrogen-bond donors (Lipinski definition) is 1. The third kappa shape index (κ3) is 7.04. The Hall–Kier alpha value is -3.64. The predicted octanol–water partition coefficient (Wildman–Crippen LogP) is 5.22. The Morgan fingerprint density at radius 2 is 1.71 bits per heavy atom. The van der Waals surface area contributed by atoms with Crippen molar-refractivity contribution in [2.75, 3.05) is 25.0 Å².